The van der Waals surface area contributed by atoms with Crippen molar-refractivity contribution in [2.24, 2.45) is 7.05 Å². The Hall–Kier alpha value is -4.35. The fraction of sp³-hybridized carbons (Fsp3) is 0.227. The van der Waals surface area contributed by atoms with E-state index in [1.165, 1.54) is 11.2 Å². The molecule has 0 saturated heterocycles. The second-order valence-electron chi connectivity index (χ2n) is 7.88. The predicted octanol–water partition coefficient (Wildman–Crippen LogP) is 3.66. The maximum absolute atomic E-state index is 14.3. The first kappa shape index (κ1) is 20.3. The number of H-pyrrole nitrogens is 1. The third kappa shape index (κ3) is 3.10. The van der Waals surface area contributed by atoms with E-state index in [9.17, 15) is 13.6 Å². The highest BCUT2D eigenvalue weighted by molar-refractivity contribution is 5.91. The molecule has 1 aliphatic heterocycles. The van der Waals surface area contributed by atoms with Crippen molar-refractivity contribution in [1.29, 1.82) is 0 Å². The highest BCUT2D eigenvalue weighted by Gasteiger charge is 2.41. The van der Waals surface area contributed by atoms with Gasteiger partial charge in [0.05, 0.1) is 17.6 Å². The molecule has 1 N–H and O–H groups in total. The van der Waals surface area contributed by atoms with Crippen molar-refractivity contribution in [1.82, 2.24) is 34.8 Å². The number of amides is 1. The van der Waals surface area contributed by atoms with E-state index in [2.05, 4.69) is 25.3 Å². The van der Waals surface area contributed by atoms with Crippen molar-refractivity contribution in [2.75, 3.05) is 6.54 Å². The average Bonchev–Trinajstić information content (AvgIpc) is 3.62. The normalized spacial score (nSPS) is 15.9. The van der Waals surface area contributed by atoms with Gasteiger partial charge in [-0.3, -0.25) is 9.48 Å². The summed E-state index contributed by atoms with van der Waals surface area (Å²) in [6, 6.07) is 7.22. The summed E-state index contributed by atoms with van der Waals surface area (Å²) in [5, 5.41) is 12.3. The van der Waals surface area contributed by atoms with Crippen molar-refractivity contribution in [3.63, 3.8) is 0 Å². The van der Waals surface area contributed by atoms with Crippen LogP contribution in [-0.4, -0.2) is 47.3 Å². The summed E-state index contributed by atoms with van der Waals surface area (Å²) in [4.78, 5) is 22.2. The van der Waals surface area contributed by atoms with Crippen LogP contribution in [0.25, 0.3) is 22.6 Å². The standard InChI is InChI=1S/C22H17F2N7O3/c1-30-8-6-13(29-30)20-27-28-21(34-20)22(32)31-9-7-12-16(26-10-25-12)17(31)18-15(19(23)24)11-4-2-3-5-14(11)33-18/h2-6,8,10,17,19H,7,9H2,1H3,(H,25,26)/t17-/m0/s1. The molecule has 34 heavy (non-hydrogen) atoms. The Morgan fingerprint density at radius 1 is 1.21 bits per heavy atom. The first-order valence-corrected chi connectivity index (χ1v) is 10.5. The minimum Gasteiger partial charge on any atom is -0.458 e. The Bertz CT molecular complexity index is 1520. The zero-order valence-corrected chi connectivity index (χ0v) is 17.8. The average molecular weight is 465 g/mol. The number of fused-ring (bicyclic) bond motifs is 2. The van der Waals surface area contributed by atoms with Crippen LogP contribution in [0, 0.1) is 0 Å². The number of benzene rings is 1. The Balaban J connectivity index is 1.46. The topological polar surface area (TPSA) is 119 Å². The number of nitrogens with zero attached hydrogens (tertiary/aromatic N) is 6. The van der Waals surface area contributed by atoms with Crippen molar-refractivity contribution < 1.29 is 22.4 Å². The molecule has 0 fully saturated rings. The largest absolute Gasteiger partial charge is 0.458 e. The van der Waals surface area contributed by atoms with E-state index in [4.69, 9.17) is 8.83 Å². The molecule has 1 aromatic carbocycles. The van der Waals surface area contributed by atoms with E-state index in [-0.39, 0.29) is 35.0 Å². The number of hydrogen-bond donors (Lipinski definition) is 1. The van der Waals surface area contributed by atoms with Gasteiger partial charge in [0, 0.05) is 37.3 Å². The number of aromatic amines is 1. The molecule has 0 bridgehead atoms. The number of carbonyl (C=O) groups is 1. The van der Waals surface area contributed by atoms with Gasteiger partial charge in [0.15, 0.2) is 0 Å². The zero-order valence-electron chi connectivity index (χ0n) is 17.8. The minimum absolute atomic E-state index is 0.0398. The summed E-state index contributed by atoms with van der Waals surface area (Å²) in [6.07, 6.45) is 0.804. The van der Waals surface area contributed by atoms with Crippen molar-refractivity contribution in [2.45, 2.75) is 18.9 Å². The fourth-order valence-corrected chi connectivity index (χ4v) is 4.34. The summed E-state index contributed by atoms with van der Waals surface area (Å²) < 4.78 is 41.6. The molecule has 12 heteroatoms. The predicted molar refractivity (Wildman–Crippen MR) is 113 cm³/mol. The number of halogens is 2. The molecule has 1 amide bonds. The first-order chi connectivity index (χ1) is 16.5. The van der Waals surface area contributed by atoms with E-state index in [1.807, 2.05) is 0 Å². The molecule has 0 aliphatic carbocycles. The van der Waals surface area contributed by atoms with E-state index in [0.717, 1.165) is 5.69 Å². The molecule has 1 aliphatic rings. The van der Waals surface area contributed by atoms with E-state index >= 15 is 0 Å². The first-order valence-electron chi connectivity index (χ1n) is 10.5. The summed E-state index contributed by atoms with van der Waals surface area (Å²) >= 11 is 0. The van der Waals surface area contributed by atoms with Crippen molar-refractivity contribution >= 4 is 16.9 Å². The van der Waals surface area contributed by atoms with Gasteiger partial charge in [-0.1, -0.05) is 18.2 Å². The van der Waals surface area contributed by atoms with Crippen LogP contribution in [0.4, 0.5) is 8.78 Å². The summed E-state index contributed by atoms with van der Waals surface area (Å²) in [7, 11) is 1.74. The van der Waals surface area contributed by atoms with Gasteiger partial charge in [-0.05, 0) is 12.1 Å². The van der Waals surface area contributed by atoms with Gasteiger partial charge in [0.2, 0.25) is 0 Å². The van der Waals surface area contributed by atoms with Gasteiger partial charge in [-0.15, -0.1) is 10.2 Å². The smallest absolute Gasteiger partial charge is 0.312 e. The Morgan fingerprint density at radius 2 is 2.06 bits per heavy atom. The molecule has 172 valence electrons. The molecular weight excluding hydrogens is 448 g/mol. The maximum Gasteiger partial charge on any atom is 0.312 e. The lowest BCUT2D eigenvalue weighted by molar-refractivity contribution is 0.0623. The Kier molecular flexibility index (Phi) is 4.54. The fourth-order valence-electron chi connectivity index (χ4n) is 4.34. The van der Waals surface area contributed by atoms with Crippen LogP contribution < -0.4 is 0 Å². The van der Waals surface area contributed by atoms with Crippen molar-refractivity contribution in [3.8, 4) is 11.6 Å². The number of imidazole rings is 1. The number of para-hydroxylation sites is 1. The lowest BCUT2D eigenvalue weighted by Crippen LogP contribution is -2.41. The number of alkyl halides is 2. The van der Waals surface area contributed by atoms with Gasteiger partial charge in [-0.2, -0.15) is 5.10 Å². The van der Waals surface area contributed by atoms with Crippen LogP contribution >= 0.6 is 0 Å². The molecule has 0 unspecified atom stereocenters. The number of aromatic nitrogens is 6. The molecule has 5 heterocycles. The van der Waals surface area contributed by atoms with Crippen LogP contribution in [0.1, 0.15) is 45.9 Å². The highest BCUT2D eigenvalue weighted by atomic mass is 19.3. The Morgan fingerprint density at radius 3 is 2.85 bits per heavy atom. The number of furan rings is 1. The molecule has 10 nitrogen and oxygen atoms in total. The third-order valence-corrected chi connectivity index (χ3v) is 5.86. The molecule has 1 atom stereocenters. The Labute approximate surface area is 190 Å². The summed E-state index contributed by atoms with van der Waals surface area (Å²) in [6.45, 7) is 0.208. The van der Waals surface area contributed by atoms with Crippen molar-refractivity contribution in [3.05, 3.63) is 71.5 Å². The number of nitrogens with one attached hydrogen (secondary N) is 1. The van der Waals surface area contributed by atoms with Gasteiger partial charge in [-0.25, -0.2) is 13.8 Å². The van der Waals surface area contributed by atoms with E-state index in [0.29, 0.717) is 23.4 Å². The third-order valence-electron chi connectivity index (χ3n) is 5.86. The summed E-state index contributed by atoms with van der Waals surface area (Å²) in [5.74, 6) is -0.856. The molecular formula is C22H17F2N7O3. The van der Waals surface area contributed by atoms with Crippen LogP contribution in [0.2, 0.25) is 0 Å². The number of carbonyl (C=O) groups excluding carboxylic acids is 1. The molecule has 0 spiro atoms. The maximum atomic E-state index is 14.3. The molecule has 5 aromatic rings. The lowest BCUT2D eigenvalue weighted by atomic mass is 9.97. The van der Waals surface area contributed by atoms with Crippen LogP contribution in [-0.2, 0) is 13.5 Å². The van der Waals surface area contributed by atoms with Gasteiger partial charge < -0.3 is 18.7 Å². The van der Waals surface area contributed by atoms with Crippen LogP contribution in [0.3, 0.4) is 0 Å². The van der Waals surface area contributed by atoms with E-state index < -0.39 is 18.4 Å². The van der Waals surface area contributed by atoms with Crippen LogP contribution in [0.5, 0.6) is 0 Å². The van der Waals surface area contributed by atoms with Crippen LogP contribution in [0.15, 0.2) is 51.7 Å². The lowest BCUT2D eigenvalue weighted by Gasteiger charge is -2.33. The molecule has 0 radical (unpaired) electrons. The van der Waals surface area contributed by atoms with E-state index in [1.54, 1.807) is 48.3 Å². The monoisotopic (exact) mass is 465 g/mol. The quantitative estimate of drug-likeness (QED) is 0.430. The molecule has 4 aromatic heterocycles. The second-order valence-corrected chi connectivity index (χ2v) is 7.88. The molecule has 0 saturated carbocycles. The van der Waals surface area contributed by atoms with Gasteiger partial charge in [0.25, 0.3) is 12.3 Å². The van der Waals surface area contributed by atoms with Gasteiger partial charge >= 0.3 is 11.8 Å². The number of hydrogen-bond acceptors (Lipinski definition) is 7. The zero-order chi connectivity index (χ0) is 23.4. The second kappa shape index (κ2) is 7.61. The number of rotatable bonds is 4. The molecule has 6 rings (SSSR count). The van der Waals surface area contributed by atoms with Gasteiger partial charge in [0.1, 0.15) is 23.1 Å². The minimum atomic E-state index is -2.82. The number of aryl methyl sites for hydroxylation is 1. The SMILES string of the molecule is Cn1ccc(-c2nnc(C(=O)N3CCc4[nH]cnc4[C@H]3c3oc4ccccc4c3C(F)F)o2)n1. The summed E-state index contributed by atoms with van der Waals surface area (Å²) in [5.41, 5.74) is 1.63. The highest BCUT2D eigenvalue weighted by Crippen LogP contribution is 2.43.